The lowest BCUT2D eigenvalue weighted by atomic mass is 10.1. The zero-order valence-electron chi connectivity index (χ0n) is 17.0. The maximum atomic E-state index is 2.20. The Bertz CT molecular complexity index is 373. The monoisotopic (exact) mass is 328 g/mol. The van der Waals surface area contributed by atoms with E-state index in [-0.39, 0.29) is 0 Å². The Balaban J connectivity index is 0. The molecule has 136 valence electrons. The van der Waals surface area contributed by atoms with Crippen molar-refractivity contribution in [2.75, 3.05) is 0 Å². The number of aryl methyl sites for hydroxylation is 2. The highest BCUT2D eigenvalue weighted by Crippen LogP contribution is 2.01. The van der Waals surface area contributed by atoms with Crippen molar-refractivity contribution in [3.8, 4) is 0 Å². The van der Waals surface area contributed by atoms with Gasteiger partial charge in [-0.2, -0.15) is 0 Å². The van der Waals surface area contributed by atoms with E-state index in [1.807, 2.05) is 0 Å². The molecule has 0 heteroatoms. The van der Waals surface area contributed by atoms with Crippen LogP contribution in [0.3, 0.4) is 0 Å². The van der Waals surface area contributed by atoms with Crippen molar-refractivity contribution >= 4 is 0 Å². The molecule has 2 rings (SSSR count). The highest BCUT2D eigenvalue weighted by atomic mass is 13.9. The minimum absolute atomic E-state index is 1.21. The highest BCUT2D eigenvalue weighted by Gasteiger charge is 1.85. The molecule has 0 N–H and O–H groups in total. The number of rotatable bonds is 4. The molecule has 0 spiro atoms. The molecule has 0 aromatic heterocycles. The Kier molecular flexibility index (Phi) is 22.1. The van der Waals surface area contributed by atoms with Crippen LogP contribution in [0.25, 0.3) is 0 Å². The first-order valence-corrected chi connectivity index (χ1v) is 9.77. The van der Waals surface area contributed by atoms with Crippen molar-refractivity contribution in [2.24, 2.45) is 0 Å². The normalized spacial score (nSPS) is 8.58. The molecular formula is C24H40. The van der Waals surface area contributed by atoms with Gasteiger partial charge in [-0.15, -0.1) is 0 Å². The van der Waals surface area contributed by atoms with Crippen LogP contribution >= 0.6 is 0 Å². The molecule has 0 aliphatic heterocycles. The van der Waals surface area contributed by atoms with E-state index in [1.54, 1.807) is 0 Å². The van der Waals surface area contributed by atoms with Crippen LogP contribution in [-0.4, -0.2) is 0 Å². The van der Waals surface area contributed by atoms with Gasteiger partial charge in [-0.05, 0) is 24.0 Å². The fourth-order valence-electron chi connectivity index (χ4n) is 1.87. The van der Waals surface area contributed by atoms with Crippen molar-refractivity contribution < 1.29 is 0 Å². The Morgan fingerprint density at radius 2 is 0.708 bits per heavy atom. The number of hydrogen-bond donors (Lipinski definition) is 0. The summed E-state index contributed by atoms with van der Waals surface area (Å²) >= 11 is 0. The van der Waals surface area contributed by atoms with Gasteiger partial charge in [0.25, 0.3) is 0 Å². The second kappa shape index (κ2) is 21.4. The van der Waals surface area contributed by atoms with E-state index in [9.17, 15) is 0 Å². The lowest BCUT2D eigenvalue weighted by molar-refractivity contribution is 0.922. The average molecular weight is 329 g/mol. The van der Waals surface area contributed by atoms with Gasteiger partial charge in [0.1, 0.15) is 0 Å². The molecule has 0 saturated carbocycles. The molecule has 2 aromatic carbocycles. The summed E-state index contributed by atoms with van der Waals surface area (Å²) in [5.41, 5.74) is 2.89. The molecule has 2 aromatic rings. The van der Waals surface area contributed by atoms with E-state index in [0.717, 1.165) is 0 Å². The van der Waals surface area contributed by atoms with Gasteiger partial charge in [0.2, 0.25) is 0 Å². The van der Waals surface area contributed by atoms with Crippen LogP contribution in [0.4, 0.5) is 0 Å². The molecule has 0 amide bonds. The van der Waals surface area contributed by atoms with Crippen molar-refractivity contribution in [1.82, 2.24) is 0 Å². The molecule has 0 heterocycles. The van der Waals surface area contributed by atoms with Gasteiger partial charge in [-0.1, -0.05) is 128 Å². The summed E-state index contributed by atoms with van der Waals surface area (Å²) in [6.45, 7) is 12.9. The van der Waals surface area contributed by atoms with Crippen LogP contribution in [0.15, 0.2) is 60.7 Å². The van der Waals surface area contributed by atoms with E-state index < -0.39 is 0 Å². The molecule has 0 fully saturated rings. The summed E-state index contributed by atoms with van der Waals surface area (Å²) in [5.74, 6) is 0. The van der Waals surface area contributed by atoms with Crippen molar-refractivity contribution in [3.05, 3.63) is 71.8 Å². The quantitative estimate of drug-likeness (QED) is 0.531. The van der Waals surface area contributed by atoms with Crippen LogP contribution in [-0.2, 0) is 12.8 Å². The fraction of sp³-hybridized carbons (Fsp3) is 0.500. The smallest absolute Gasteiger partial charge is 0.0281 e. The lowest BCUT2D eigenvalue weighted by Crippen LogP contribution is -1.78. The minimum Gasteiger partial charge on any atom is -0.0656 e. The summed E-state index contributed by atoms with van der Waals surface area (Å²) in [7, 11) is 0. The van der Waals surface area contributed by atoms with Crippen LogP contribution in [0, 0.1) is 0 Å². The van der Waals surface area contributed by atoms with Gasteiger partial charge in [0.05, 0.1) is 0 Å². The maximum absolute atomic E-state index is 2.20. The molecule has 0 saturated heterocycles. The Hall–Kier alpha value is -1.56. The summed E-state index contributed by atoms with van der Waals surface area (Å²) in [4.78, 5) is 0. The van der Waals surface area contributed by atoms with E-state index >= 15 is 0 Å². The lowest BCUT2D eigenvalue weighted by Gasteiger charge is -1.93. The van der Waals surface area contributed by atoms with Gasteiger partial charge in [-0.25, -0.2) is 0 Å². The molecule has 24 heavy (non-hydrogen) atoms. The van der Waals surface area contributed by atoms with Crippen LogP contribution in [0.2, 0.25) is 0 Å². The van der Waals surface area contributed by atoms with Crippen LogP contribution < -0.4 is 0 Å². The number of benzene rings is 2. The van der Waals surface area contributed by atoms with Crippen molar-refractivity contribution in [1.29, 1.82) is 0 Å². The van der Waals surface area contributed by atoms with Crippen molar-refractivity contribution in [2.45, 2.75) is 80.1 Å². The molecule has 0 atom stereocenters. The second-order valence-electron chi connectivity index (χ2n) is 5.89. The van der Waals surface area contributed by atoms with E-state index in [0.29, 0.717) is 0 Å². The third kappa shape index (κ3) is 18.5. The Labute approximate surface area is 152 Å². The topological polar surface area (TPSA) is 0 Å². The largest absolute Gasteiger partial charge is 0.0656 e. The molecule has 0 aliphatic rings. The third-order valence-corrected chi connectivity index (χ3v) is 2.76. The van der Waals surface area contributed by atoms with Gasteiger partial charge in [-0.3, -0.25) is 0 Å². The second-order valence-corrected chi connectivity index (χ2v) is 5.89. The fourth-order valence-corrected chi connectivity index (χ4v) is 1.87. The van der Waals surface area contributed by atoms with Gasteiger partial charge in [0.15, 0.2) is 0 Å². The SMILES string of the molecule is CCC.CCC.CCCc1ccccc1.CCCc1ccccc1. The van der Waals surface area contributed by atoms with Gasteiger partial charge >= 0.3 is 0 Å². The Morgan fingerprint density at radius 1 is 0.458 bits per heavy atom. The number of hydrogen-bond acceptors (Lipinski definition) is 0. The zero-order chi connectivity index (χ0) is 18.5. The first-order chi connectivity index (χ1) is 11.7. The van der Waals surface area contributed by atoms with Crippen LogP contribution in [0.5, 0.6) is 0 Å². The molecule has 0 unspecified atom stereocenters. The predicted octanol–water partition coefficient (Wildman–Crippen LogP) is 8.11. The minimum atomic E-state index is 1.21. The zero-order valence-corrected chi connectivity index (χ0v) is 17.0. The van der Waals surface area contributed by atoms with Crippen molar-refractivity contribution in [3.63, 3.8) is 0 Å². The molecular weight excluding hydrogens is 288 g/mol. The molecule has 0 nitrogen and oxygen atoms in total. The Morgan fingerprint density at radius 3 is 0.917 bits per heavy atom. The molecule has 0 radical (unpaired) electrons. The van der Waals surface area contributed by atoms with E-state index in [4.69, 9.17) is 0 Å². The predicted molar refractivity (Wildman–Crippen MR) is 113 cm³/mol. The average Bonchev–Trinajstić information content (AvgIpc) is 2.59. The van der Waals surface area contributed by atoms with E-state index in [2.05, 4.69) is 102 Å². The molecule has 0 aliphatic carbocycles. The van der Waals surface area contributed by atoms with Gasteiger partial charge < -0.3 is 0 Å². The van der Waals surface area contributed by atoms with E-state index in [1.165, 1.54) is 49.7 Å². The summed E-state index contributed by atoms with van der Waals surface area (Å²) in [5, 5.41) is 0. The standard InChI is InChI=1S/2C9H12.2C3H8/c2*1-2-6-9-7-4-3-5-8-9;2*1-3-2/h2*3-5,7-8H,2,6H2,1H3;2*3H2,1-2H3. The summed E-state index contributed by atoms with van der Waals surface area (Å²) in [6.07, 6.45) is 7.40. The highest BCUT2D eigenvalue weighted by molar-refractivity contribution is 5.14. The summed E-state index contributed by atoms with van der Waals surface area (Å²) < 4.78 is 0. The van der Waals surface area contributed by atoms with Gasteiger partial charge in [0, 0.05) is 0 Å². The third-order valence-electron chi connectivity index (χ3n) is 2.76. The molecule has 0 bridgehead atoms. The van der Waals surface area contributed by atoms with Crippen LogP contribution in [0.1, 0.15) is 78.4 Å². The first-order valence-electron chi connectivity index (χ1n) is 9.77. The summed E-state index contributed by atoms with van der Waals surface area (Å²) in [6, 6.07) is 21.1. The first kappa shape index (κ1) is 24.7. The maximum Gasteiger partial charge on any atom is -0.0281 e.